The number of pyridine rings is 1. The van der Waals surface area contributed by atoms with Crippen molar-refractivity contribution in [1.82, 2.24) is 24.7 Å². The third-order valence-electron chi connectivity index (χ3n) is 5.86. The number of carbonyl (C=O) groups is 1. The molecule has 2 N–H and O–H groups in total. The maximum atomic E-state index is 13.6. The summed E-state index contributed by atoms with van der Waals surface area (Å²) in [5.41, 5.74) is 12.5. The van der Waals surface area contributed by atoms with E-state index in [9.17, 15) is 9.18 Å². The fraction of sp³-hybridized carbons (Fsp3) is 0.148. The van der Waals surface area contributed by atoms with Crippen LogP contribution in [0.25, 0.3) is 44.4 Å². The van der Waals surface area contributed by atoms with E-state index in [0.29, 0.717) is 23.4 Å². The lowest BCUT2D eigenvalue weighted by Crippen LogP contribution is -2.13. The molecule has 36 heavy (non-hydrogen) atoms. The van der Waals surface area contributed by atoms with E-state index >= 15 is 0 Å². The first kappa shape index (κ1) is 23.1. The number of hydrogen-bond donors (Lipinski definition) is 1. The maximum Gasteiger partial charge on any atom is 0.327 e. The van der Waals surface area contributed by atoms with Crippen molar-refractivity contribution in [2.45, 2.75) is 20.4 Å². The van der Waals surface area contributed by atoms with Crippen molar-refractivity contribution in [3.8, 4) is 33.5 Å². The van der Waals surface area contributed by atoms with Crippen LogP contribution >= 0.6 is 0 Å². The van der Waals surface area contributed by atoms with Crippen LogP contribution in [0.5, 0.6) is 0 Å². The van der Waals surface area contributed by atoms with E-state index in [4.69, 9.17) is 15.5 Å². The number of aromatic nitrogens is 5. The predicted octanol–water partition coefficient (Wildman–Crippen LogP) is 4.82. The highest BCUT2D eigenvalue weighted by atomic mass is 19.1. The molecule has 0 amide bonds. The predicted molar refractivity (Wildman–Crippen MR) is 135 cm³/mol. The molecule has 0 atom stereocenters. The van der Waals surface area contributed by atoms with Crippen LogP contribution in [0.4, 0.5) is 10.2 Å². The number of halogens is 1. The first-order valence-corrected chi connectivity index (χ1v) is 11.4. The van der Waals surface area contributed by atoms with E-state index in [-0.39, 0.29) is 24.1 Å². The molecule has 0 saturated heterocycles. The molecule has 180 valence electrons. The Kier molecular flexibility index (Phi) is 6.12. The molecular weight excluding hydrogens is 459 g/mol. The second kappa shape index (κ2) is 9.53. The molecule has 0 unspecified atom stereocenters. The minimum atomic E-state index is -0.376. The van der Waals surface area contributed by atoms with Crippen LogP contribution in [0, 0.1) is 12.7 Å². The highest BCUT2D eigenvalue weighted by Gasteiger charge is 2.17. The van der Waals surface area contributed by atoms with Gasteiger partial charge in [-0.3, -0.25) is 9.48 Å². The molecule has 9 heteroatoms. The summed E-state index contributed by atoms with van der Waals surface area (Å²) in [6, 6.07) is 14.0. The molecule has 0 aliphatic heterocycles. The number of anilines is 1. The van der Waals surface area contributed by atoms with Gasteiger partial charge in [-0.15, -0.1) is 0 Å². The summed E-state index contributed by atoms with van der Waals surface area (Å²) in [4.78, 5) is 25.3. The monoisotopic (exact) mass is 482 g/mol. The van der Waals surface area contributed by atoms with Gasteiger partial charge >= 0.3 is 5.97 Å². The third-order valence-corrected chi connectivity index (χ3v) is 5.86. The fourth-order valence-electron chi connectivity index (χ4n) is 4.09. The maximum absolute atomic E-state index is 13.6. The molecule has 5 rings (SSSR count). The van der Waals surface area contributed by atoms with Crippen LogP contribution in [-0.2, 0) is 16.1 Å². The van der Waals surface area contributed by atoms with Gasteiger partial charge in [-0.2, -0.15) is 5.10 Å². The molecule has 0 aliphatic carbocycles. The summed E-state index contributed by atoms with van der Waals surface area (Å²) in [6.07, 6.45) is 4.90. The summed E-state index contributed by atoms with van der Waals surface area (Å²) in [7, 11) is 0. The third kappa shape index (κ3) is 4.50. The minimum Gasteiger partial charge on any atom is -0.465 e. The number of aryl methyl sites for hydroxylation is 1. The Morgan fingerprint density at radius 2 is 1.81 bits per heavy atom. The summed E-state index contributed by atoms with van der Waals surface area (Å²) >= 11 is 0. The standard InChI is InChI=1S/C27H23FN6O2/c1-3-36-25(35)14-34-13-19(12-32-34)23-11-22(18-6-9-24-21(10-18)16(2)30-15-31-24)26(33-27(23)29)17-4-7-20(28)8-5-17/h4-13,15H,3,14H2,1-2H3,(H2,29,33). The number of nitrogens with two attached hydrogens (primary N) is 1. The van der Waals surface area contributed by atoms with Gasteiger partial charge < -0.3 is 10.5 Å². The van der Waals surface area contributed by atoms with Crippen molar-refractivity contribution in [3.05, 3.63) is 78.8 Å². The van der Waals surface area contributed by atoms with Crippen molar-refractivity contribution in [1.29, 1.82) is 0 Å². The molecule has 0 fully saturated rings. The molecule has 8 nitrogen and oxygen atoms in total. The lowest BCUT2D eigenvalue weighted by molar-refractivity contribution is -0.144. The zero-order valence-electron chi connectivity index (χ0n) is 19.8. The molecule has 3 aromatic heterocycles. The van der Waals surface area contributed by atoms with Crippen LogP contribution in [0.1, 0.15) is 12.6 Å². The number of nitrogens with zero attached hydrogens (tertiary/aromatic N) is 5. The Morgan fingerprint density at radius 3 is 2.58 bits per heavy atom. The van der Waals surface area contributed by atoms with E-state index in [0.717, 1.165) is 33.3 Å². The number of rotatable bonds is 6. The highest BCUT2D eigenvalue weighted by molar-refractivity contribution is 5.92. The summed E-state index contributed by atoms with van der Waals surface area (Å²) in [5.74, 6) is -0.425. The van der Waals surface area contributed by atoms with Gasteiger partial charge in [0.1, 0.15) is 24.5 Å². The smallest absolute Gasteiger partial charge is 0.327 e. The van der Waals surface area contributed by atoms with Gasteiger partial charge in [0.25, 0.3) is 0 Å². The number of esters is 1. The Labute approximate surface area is 206 Å². The molecule has 0 saturated carbocycles. The number of hydrogen-bond acceptors (Lipinski definition) is 7. The topological polar surface area (TPSA) is 109 Å². The summed E-state index contributed by atoms with van der Waals surface area (Å²) < 4.78 is 20.2. The number of carbonyl (C=O) groups excluding carboxylic acids is 1. The van der Waals surface area contributed by atoms with E-state index in [1.807, 2.05) is 31.2 Å². The molecule has 3 heterocycles. The molecule has 0 aliphatic rings. The van der Waals surface area contributed by atoms with Crippen molar-refractivity contribution < 1.29 is 13.9 Å². The van der Waals surface area contributed by atoms with Crippen molar-refractivity contribution in [3.63, 3.8) is 0 Å². The van der Waals surface area contributed by atoms with Gasteiger partial charge in [0, 0.05) is 39.5 Å². The second-order valence-corrected chi connectivity index (χ2v) is 8.25. The molecular formula is C27H23FN6O2. The van der Waals surface area contributed by atoms with E-state index in [1.54, 1.807) is 31.5 Å². The number of fused-ring (bicyclic) bond motifs is 1. The Hall–Kier alpha value is -4.66. The van der Waals surface area contributed by atoms with Crippen LogP contribution in [0.2, 0.25) is 0 Å². The molecule has 0 bridgehead atoms. The normalized spacial score (nSPS) is 11.1. The highest BCUT2D eigenvalue weighted by Crippen LogP contribution is 2.38. The lowest BCUT2D eigenvalue weighted by atomic mass is 9.95. The van der Waals surface area contributed by atoms with E-state index in [2.05, 4.69) is 15.1 Å². The van der Waals surface area contributed by atoms with Crippen LogP contribution < -0.4 is 5.73 Å². The Bertz CT molecular complexity index is 1580. The molecule has 5 aromatic rings. The number of benzene rings is 2. The first-order chi connectivity index (χ1) is 17.4. The van der Waals surface area contributed by atoms with Gasteiger partial charge in [-0.05, 0) is 61.9 Å². The molecule has 2 aromatic carbocycles. The van der Waals surface area contributed by atoms with Crippen molar-refractivity contribution in [2.24, 2.45) is 0 Å². The zero-order chi connectivity index (χ0) is 25.2. The molecule has 0 spiro atoms. The molecule has 0 radical (unpaired) electrons. The minimum absolute atomic E-state index is 0.00829. The second-order valence-electron chi connectivity index (χ2n) is 8.25. The SMILES string of the molecule is CCOC(=O)Cn1cc(-c2cc(-c3ccc4ncnc(C)c4c3)c(-c3ccc(F)cc3)nc2N)cn1. The Morgan fingerprint density at radius 1 is 1.03 bits per heavy atom. The first-order valence-electron chi connectivity index (χ1n) is 11.4. The van der Waals surface area contributed by atoms with Gasteiger partial charge in [-0.25, -0.2) is 19.3 Å². The average molecular weight is 483 g/mol. The van der Waals surface area contributed by atoms with Crippen LogP contribution in [0.15, 0.2) is 67.3 Å². The van der Waals surface area contributed by atoms with Crippen molar-refractivity contribution >= 4 is 22.7 Å². The van der Waals surface area contributed by atoms with Gasteiger partial charge in [0.05, 0.1) is 24.0 Å². The average Bonchev–Trinajstić information content (AvgIpc) is 3.32. The zero-order valence-corrected chi connectivity index (χ0v) is 19.8. The number of ether oxygens (including phenoxy) is 1. The Balaban J connectivity index is 1.66. The quantitative estimate of drug-likeness (QED) is 0.346. The lowest BCUT2D eigenvalue weighted by Gasteiger charge is -2.14. The number of nitrogen functional groups attached to an aromatic ring is 1. The van der Waals surface area contributed by atoms with Crippen LogP contribution in [0.3, 0.4) is 0 Å². The summed E-state index contributed by atoms with van der Waals surface area (Å²) in [6.45, 7) is 3.97. The van der Waals surface area contributed by atoms with Gasteiger partial charge in [-0.1, -0.05) is 6.07 Å². The van der Waals surface area contributed by atoms with E-state index in [1.165, 1.54) is 23.1 Å². The summed E-state index contributed by atoms with van der Waals surface area (Å²) in [5, 5.41) is 5.19. The fourth-order valence-corrected chi connectivity index (χ4v) is 4.09. The largest absolute Gasteiger partial charge is 0.465 e. The van der Waals surface area contributed by atoms with Crippen LogP contribution in [-0.4, -0.2) is 37.3 Å². The van der Waals surface area contributed by atoms with E-state index < -0.39 is 0 Å². The van der Waals surface area contributed by atoms with Crippen molar-refractivity contribution in [2.75, 3.05) is 12.3 Å². The van der Waals surface area contributed by atoms with Gasteiger partial charge in [0.2, 0.25) is 0 Å². The van der Waals surface area contributed by atoms with Gasteiger partial charge in [0.15, 0.2) is 0 Å².